The summed E-state index contributed by atoms with van der Waals surface area (Å²) in [6.45, 7) is 4.05. The van der Waals surface area contributed by atoms with Crippen LogP contribution in [0.3, 0.4) is 0 Å². The Labute approximate surface area is 120 Å². The molecule has 0 aromatic heterocycles. The third kappa shape index (κ3) is 4.36. The van der Waals surface area contributed by atoms with E-state index in [0.29, 0.717) is 5.25 Å². The van der Waals surface area contributed by atoms with Crippen LogP contribution >= 0.6 is 11.8 Å². The lowest BCUT2D eigenvalue weighted by Crippen LogP contribution is -2.32. The number of rotatable bonds is 5. The molecule has 104 valence electrons. The van der Waals surface area contributed by atoms with Crippen LogP contribution in [0.4, 0.5) is 0 Å². The van der Waals surface area contributed by atoms with Crippen molar-refractivity contribution >= 4 is 16.8 Å². The lowest BCUT2D eigenvalue weighted by Gasteiger charge is -2.31. The van der Waals surface area contributed by atoms with Gasteiger partial charge in [-0.05, 0) is 13.3 Å². The molecule has 0 unspecified atom stereocenters. The summed E-state index contributed by atoms with van der Waals surface area (Å²) in [6, 6.07) is 10.2. The third-order valence-corrected chi connectivity index (χ3v) is 4.67. The molecule has 1 aromatic rings. The van der Waals surface area contributed by atoms with Crippen LogP contribution < -0.4 is 0 Å². The summed E-state index contributed by atoms with van der Waals surface area (Å²) in [5.41, 5.74) is 0.209. The minimum absolute atomic E-state index is 0.481. The van der Waals surface area contributed by atoms with Crippen molar-refractivity contribution in [2.45, 2.75) is 56.9 Å². The van der Waals surface area contributed by atoms with Crippen LogP contribution in [-0.4, -0.2) is 21.1 Å². The molecule has 0 amide bonds. The number of nitrogens with zero attached hydrogens (tertiary/aromatic N) is 1. The minimum atomic E-state index is -0.909. The first-order valence-electron chi connectivity index (χ1n) is 7.15. The van der Waals surface area contributed by atoms with Crippen LogP contribution in [0.5, 0.6) is 0 Å². The fourth-order valence-corrected chi connectivity index (χ4v) is 3.94. The lowest BCUT2D eigenvalue weighted by molar-refractivity contribution is 0.0586. The van der Waals surface area contributed by atoms with Gasteiger partial charge in [0.2, 0.25) is 0 Å². The second-order valence-electron chi connectivity index (χ2n) is 5.44. The lowest BCUT2D eigenvalue weighted by atomic mass is 10.0. The predicted molar refractivity (Wildman–Crippen MR) is 83.7 cm³/mol. The van der Waals surface area contributed by atoms with Gasteiger partial charge in [0.05, 0.1) is 0 Å². The molecule has 3 heteroatoms. The van der Waals surface area contributed by atoms with E-state index in [1.165, 1.54) is 25.7 Å². The van der Waals surface area contributed by atoms with Crippen LogP contribution in [0.2, 0.25) is 0 Å². The molecule has 0 saturated heterocycles. The smallest absolute Gasteiger partial charge is 0.155 e. The van der Waals surface area contributed by atoms with E-state index in [1.54, 1.807) is 0 Å². The van der Waals surface area contributed by atoms with Crippen LogP contribution in [0.1, 0.15) is 51.5 Å². The van der Waals surface area contributed by atoms with Gasteiger partial charge in [0.1, 0.15) is 5.04 Å². The highest BCUT2D eigenvalue weighted by atomic mass is 32.2. The van der Waals surface area contributed by atoms with E-state index in [2.05, 4.69) is 24.0 Å². The molecule has 0 aliphatic carbocycles. The second kappa shape index (κ2) is 6.58. The number of aliphatic imine (C=N–C) groups is 1. The molecule has 0 saturated carbocycles. The van der Waals surface area contributed by atoms with Crippen LogP contribution in [0.15, 0.2) is 35.3 Å². The van der Waals surface area contributed by atoms with E-state index in [0.717, 1.165) is 17.0 Å². The molecule has 2 nitrogen and oxygen atoms in total. The number of hydrogen-bond acceptors (Lipinski definition) is 3. The number of benzene rings is 1. The third-order valence-electron chi connectivity index (χ3n) is 3.39. The Bertz CT molecular complexity index is 428. The predicted octanol–water partition coefficient (Wildman–Crippen LogP) is 4.23. The fourth-order valence-electron chi connectivity index (χ4n) is 2.42. The van der Waals surface area contributed by atoms with Crippen LogP contribution in [-0.2, 0) is 0 Å². The first-order chi connectivity index (χ1) is 9.11. The van der Waals surface area contributed by atoms with Crippen molar-refractivity contribution in [1.82, 2.24) is 0 Å². The molecule has 0 spiro atoms. The van der Waals surface area contributed by atoms with E-state index in [4.69, 9.17) is 0 Å². The van der Waals surface area contributed by atoms with Crippen molar-refractivity contribution in [3.8, 4) is 0 Å². The van der Waals surface area contributed by atoms with Crippen molar-refractivity contribution in [2.24, 2.45) is 4.99 Å². The largest absolute Gasteiger partial charge is 0.369 e. The molecular weight excluding hydrogens is 254 g/mol. The SMILES string of the molecule is CCCCC[C@H]1C[C@@](C)(O)N=C(c2ccccc2)S1. The van der Waals surface area contributed by atoms with Crippen molar-refractivity contribution in [1.29, 1.82) is 0 Å². The Morgan fingerprint density at radius 2 is 2.05 bits per heavy atom. The molecule has 2 atom stereocenters. The van der Waals surface area contributed by atoms with E-state index in [-0.39, 0.29) is 0 Å². The molecule has 1 aromatic carbocycles. The summed E-state index contributed by atoms with van der Waals surface area (Å²) in [4.78, 5) is 4.50. The van der Waals surface area contributed by atoms with Gasteiger partial charge in [0, 0.05) is 17.2 Å². The van der Waals surface area contributed by atoms with E-state index in [9.17, 15) is 5.11 Å². The number of thioether (sulfide) groups is 1. The summed E-state index contributed by atoms with van der Waals surface area (Å²) in [5, 5.41) is 11.8. The molecule has 2 rings (SSSR count). The Balaban J connectivity index is 2.09. The molecule has 1 N–H and O–H groups in total. The van der Waals surface area contributed by atoms with Crippen molar-refractivity contribution in [2.75, 3.05) is 0 Å². The van der Waals surface area contributed by atoms with Gasteiger partial charge < -0.3 is 5.11 Å². The zero-order chi connectivity index (χ0) is 13.7. The zero-order valence-corrected chi connectivity index (χ0v) is 12.6. The summed E-state index contributed by atoms with van der Waals surface area (Å²) >= 11 is 1.83. The van der Waals surface area contributed by atoms with E-state index in [1.807, 2.05) is 36.9 Å². The first kappa shape index (κ1) is 14.6. The van der Waals surface area contributed by atoms with Gasteiger partial charge in [-0.2, -0.15) is 0 Å². The van der Waals surface area contributed by atoms with Gasteiger partial charge in [-0.25, -0.2) is 4.99 Å². The Morgan fingerprint density at radius 1 is 1.32 bits per heavy atom. The van der Waals surface area contributed by atoms with Crippen LogP contribution in [0.25, 0.3) is 0 Å². The van der Waals surface area contributed by atoms with Gasteiger partial charge in [-0.1, -0.05) is 56.5 Å². The summed E-state index contributed by atoms with van der Waals surface area (Å²) < 4.78 is 0. The molecular formula is C16H23NOS. The maximum Gasteiger partial charge on any atom is 0.155 e. The highest BCUT2D eigenvalue weighted by Crippen LogP contribution is 2.36. The van der Waals surface area contributed by atoms with E-state index < -0.39 is 5.72 Å². The molecule has 1 heterocycles. The van der Waals surface area contributed by atoms with Crippen molar-refractivity contribution < 1.29 is 5.11 Å². The molecule has 0 bridgehead atoms. The summed E-state index contributed by atoms with van der Waals surface area (Å²) in [7, 11) is 0. The Hall–Kier alpha value is -0.800. The zero-order valence-electron chi connectivity index (χ0n) is 11.8. The van der Waals surface area contributed by atoms with Gasteiger partial charge >= 0.3 is 0 Å². The van der Waals surface area contributed by atoms with Gasteiger partial charge in [-0.3, -0.25) is 0 Å². The second-order valence-corrected chi connectivity index (χ2v) is 6.73. The van der Waals surface area contributed by atoms with Crippen molar-refractivity contribution in [3.63, 3.8) is 0 Å². The van der Waals surface area contributed by atoms with Gasteiger partial charge in [0.25, 0.3) is 0 Å². The average molecular weight is 277 g/mol. The Morgan fingerprint density at radius 3 is 2.74 bits per heavy atom. The summed E-state index contributed by atoms with van der Waals surface area (Å²) in [6.07, 6.45) is 5.69. The minimum Gasteiger partial charge on any atom is -0.369 e. The standard InChI is InChI=1S/C16H23NOS/c1-3-4-6-11-14-12-16(2,18)17-15(19-14)13-9-7-5-8-10-13/h5,7-10,14,18H,3-4,6,11-12H2,1-2H3/t14-,16+/m0/s1. The maximum atomic E-state index is 10.3. The Kier molecular flexibility index (Phi) is 5.06. The first-order valence-corrected chi connectivity index (χ1v) is 8.03. The highest BCUT2D eigenvalue weighted by molar-refractivity contribution is 8.15. The summed E-state index contributed by atoms with van der Waals surface area (Å²) in [5.74, 6) is 0. The number of unbranched alkanes of at least 4 members (excludes halogenated alkanes) is 2. The fraction of sp³-hybridized carbons (Fsp3) is 0.562. The van der Waals surface area contributed by atoms with Gasteiger partial charge in [-0.15, -0.1) is 11.8 Å². The van der Waals surface area contributed by atoms with E-state index >= 15 is 0 Å². The quantitative estimate of drug-likeness (QED) is 0.817. The molecule has 1 aliphatic heterocycles. The topological polar surface area (TPSA) is 32.6 Å². The molecule has 0 radical (unpaired) electrons. The maximum absolute atomic E-state index is 10.3. The molecule has 0 fully saturated rings. The normalized spacial score (nSPS) is 27.1. The number of aliphatic hydroxyl groups is 1. The highest BCUT2D eigenvalue weighted by Gasteiger charge is 2.31. The molecule has 19 heavy (non-hydrogen) atoms. The number of hydrogen-bond donors (Lipinski definition) is 1. The van der Waals surface area contributed by atoms with Crippen molar-refractivity contribution in [3.05, 3.63) is 35.9 Å². The average Bonchev–Trinajstić information content (AvgIpc) is 2.38. The van der Waals surface area contributed by atoms with Crippen LogP contribution in [0, 0.1) is 0 Å². The monoisotopic (exact) mass is 277 g/mol. The van der Waals surface area contributed by atoms with Gasteiger partial charge in [0.15, 0.2) is 5.72 Å². The molecule has 1 aliphatic rings.